The first-order valence-electron chi connectivity index (χ1n) is 10.2. The first-order valence-corrected chi connectivity index (χ1v) is 11.3. The third kappa shape index (κ3) is 4.06. The van der Waals surface area contributed by atoms with E-state index in [0.717, 1.165) is 42.9 Å². The summed E-state index contributed by atoms with van der Waals surface area (Å²) in [6.45, 7) is 0. The monoisotopic (exact) mass is 513 g/mol. The Bertz CT molecular complexity index is 1220. The Morgan fingerprint density at radius 1 is 0.710 bits per heavy atom. The minimum atomic E-state index is 0.144. The molecule has 2 nitrogen and oxygen atoms in total. The third-order valence-corrected chi connectivity index (χ3v) is 6.18. The number of halogens is 1. The summed E-state index contributed by atoms with van der Waals surface area (Å²) in [5, 5.41) is 0. The van der Waals surface area contributed by atoms with Crippen LogP contribution in [0.5, 0.6) is 0 Å². The fourth-order valence-corrected chi connectivity index (χ4v) is 4.58. The van der Waals surface area contributed by atoms with Crippen LogP contribution in [0.3, 0.4) is 0 Å². The smallest absolute Gasteiger partial charge is 0.189 e. The SMILES string of the molecule is O=C1/C(=C/c2ccc(N(c3ccccc3)c3ccccc3)cc2)Cc2cc(I)ccc21. The van der Waals surface area contributed by atoms with Gasteiger partial charge in [0.25, 0.3) is 0 Å². The average molecular weight is 513 g/mol. The van der Waals surface area contributed by atoms with Crippen LogP contribution >= 0.6 is 22.6 Å². The fraction of sp³-hybridized carbons (Fsp3) is 0.0357. The summed E-state index contributed by atoms with van der Waals surface area (Å²) in [4.78, 5) is 15.0. The number of carbonyl (C=O) groups is 1. The molecule has 0 unspecified atom stereocenters. The van der Waals surface area contributed by atoms with Crippen LogP contribution in [-0.2, 0) is 6.42 Å². The number of fused-ring (bicyclic) bond motifs is 1. The number of para-hydroxylation sites is 2. The highest BCUT2D eigenvalue weighted by atomic mass is 127. The minimum absolute atomic E-state index is 0.144. The van der Waals surface area contributed by atoms with Gasteiger partial charge in [-0.3, -0.25) is 4.79 Å². The standard InChI is InChI=1S/C28H20INO/c29-23-13-16-27-21(19-23)18-22(28(27)31)17-20-11-14-26(15-12-20)30(24-7-3-1-4-8-24)25-9-5-2-6-10-25/h1-17,19H,18H2/b22-17+. The van der Waals surface area contributed by atoms with E-state index in [1.165, 1.54) is 0 Å². The van der Waals surface area contributed by atoms with E-state index in [1.807, 2.05) is 30.3 Å². The Morgan fingerprint density at radius 2 is 1.29 bits per heavy atom. The fourth-order valence-electron chi connectivity index (χ4n) is 4.03. The highest BCUT2D eigenvalue weighted by Gasteiger charge is 2.24. The van der Waals surface area contributed by atoms with Gasteiger partial charge in [0, 0.05) is 38.2 Å². The maximum Gasteiger partial charge on any atom is 0.189 e. The molecule has 0 heterocycles. The molecular weight excluding hydrogens is 493 g/mol. The summed E-state index contributed by atoms with van der Waals surface area (Å²) < 4.78 is 1.16. The molecule has 0 aromatic heterocycles. The van der Waals surface area contributed by atoms with Gasteiger partial charge in [-0.15, -0.1) is 0 Å². The Kier molecular flexibility index (Phi) is 5.43. The largest absolute Gasteiger partial charge is 0.311 e. The minimum Gasteiger partial charge on any atom is -0.311 e. The van der Waals surface area contributed by atoms with E-state index in [4.69, 9.17) is 0 Å². The van der Waals surface area contributed by atoms with E-state index in [0.29, 0.717) is 6.42 Å². The lowest BCUT2D eigenvalue weighted by Crippen LogP contribution is -2.09. The summed E-state index contributed by atoms with van der Waals surface area (Å²) >= 11 is 2.29. The van der Waals surface area contributed by atoms with Crippen molar-refractivity contribution in [3.63, 3.8) is 0 Å². The highest BCUT2D eigenvalue weighted by Crippen LogP contribution is 2.35. The van der Waals surface area contributed by atoms with Crippen molar-refractivity contribution in [1.29, 1.82) is 0 Å². The molecule has 4 aromatic carbocycles. The van der Waals surface area contributed by atoms with Crippen LogP contribution in [-0.4, -0.2) is 5.78 Å². The highest BCUT2D eigenvalue weighted by molar-refractivity contribution is 14.1. The number of hydrogen-bond donors (Lipinski definition) is 0. The van der Waals surface area contributed by atoms with Crippen molar-refractivity contribution in [3.05, 3.63) is 129 Å². The first-order chi connectivity index (χ1) is 15.2. The predicted octanol–water partition coefficient (Wildman–Crippen LogP) is 7.58. The lowest BCUT2D eigenvalue weighted by atomic mass is 10.1. The molecule has 4 aromatic rings. The molecule has 0 fully saturated rings. The van der Waals surface area contributed by atoms with Crippen LogP contribution in [0.25, 0.3) is 6.08 Å². The molecule has 3 heteroatoms. The second-order valence-corrected chi connectivity index (χ2v) is 8.82. The van der Waals surface area contributed by atoms with Gasteiger partial charge in [-0.05, 0) is 94.4 Å². The number of carbonyl (C=O) groups excluding carboxylic acids is 1. The molecule has 5 rings (SSSR count). The number of allylic oxidation sites excluding steroid dienone is 1. The number of rotatable bonds is 4. The van der Waals surface area contributed by atoms with Crippen molar-refractivity contribution in [2.45, 2.75) is 6.42 Å². The topological polar surface area (TPSA) is 20.3 Å². The number of ketones is 1. The first kappa shape index (κ1) is 19.8. The van der Waals surface area contributed by atoms with Gasteiger partial charge in [-0.1, -0.05) is 48.5 Å². The lowest BCUT2D eigenvalue weighted by Gasteiger charge is -2.25. The molecule has 0 N–H and O–H groups in total. The van der Waals surface area contributed by atoms with Gasteiger partial charge < -0.3 is 4.90 Å². The molecule has 0 aliphatic heterocycles. The van der Waals surface area contributed by atoms with E-state index in [-0.39, 0.29) is 5.78 Å². The molecular formula is C28H20INO. The maximum absolute atomic E-state index is 12.8. The van der Waals surface area contributed by atoms with Crippen molar-refractivity contribution in [2.75, 3.05) is 4.90 Å². The van der Waals surface area contributed by atoms with Crippen LogP contribution in [0.15, 0.2) is 109 Å². The Labute approximate surface area is 196 Å². The van der Waals surface area contributed by atoms with E-state index in [9.17, 15) is 4.79 Å². The number of anilines is 3. The Balaban J connectivity index is 1.47. The molecule has 0 amide bonds. The van der Waals surface area contributed by atoms with Gasteiger partial charge in [0.1, 0.15) is 0 Å². The van der Waals surface area contributed by atoms with Gasteiger partial charge >= 0.3 is 0 Å². The average Bonchev–Trinajstić information content (AvgIpc) is 3.11. The molecule has 0 atom stereocenters. The van der Waals surface area contributed by atoms with Crippen LogP contribution in [0.1, 0.15) is 21.5 Å². The van der Waals surface area contributed by atoms with Crippen molar-refractivity contribution < 1.29 is 4.79 Å². The van der Waals surface area contributed by atoms with Gasteiger partial charge in [0.05, 0.1) is 0 Å². The van der Waals surface area contributed by atoms with E-state index in [2.05, 4.69) is 106 Å². The zero-order valence-electron chi connectivity index (χ0n) is 16.8. The second kappa shape index (κ2) is 8.52. The summed E-state index contributed by atoms with van der Waals surface area (Å²) in [6, 6.07) is 35.1. The molecule has 0 radical (unpaired) electrons. The lowest BCUT2D eigenvalue weighted by molar-refractivity contribution is 0.104. The number of nitrogens with zero attached hydrogens (tertiary/aromatic N) is 1. The quantitative estimate of drug-likeness (QED) is 0.207. The molecule has 150 valence electrons. The van der Waals surface area contributed by atoms with E-state index in [1.54, 1.807) is 0 Å². The van der Waals surface area contributed by atoms with Crippen LogP contribution in [0.2, 0.25) is 0 Å². The molecule has 31 heavy (non-hydrogen) atoms. The van der Waals surface area contributed by atoms with Crippen molar-refractivity contribution >= 4 is 51.5 Å². The van der Waals surface area contributed by atoms with Crippen molar-refractivity contribution in [3.8, 4) is 0 Å². The summed E-state index contributed by atoms with van der Waals surface area (Å²) in [5.41, 5.74) is 7.15. The second-order valence-electron chi connectivity index (χ2n) is 7.57. The third-order valence-electron chi connectivity index (χ3n) is 5.51. The molecule has 0 bridgehead atoms. The summed E-state index contributed by atoms with van der Waals surface area (Å²) in [5.74, 6) is 0.144. The number of Topliss-reactive ketones (excluding diaryl/α,β-unsaturated/α-hetero) is 1. The zero-order chi connectivity index (χ0) is 21.2. The van der Waals surface area contributed by atoms with Gasteiger partial charge in [-0.25, -0.2) is 0 Å². The van der Waals surface area contributed by atoms with E-state index >= 15 is 0 Å². The molecule has 1 aliphatic carbocycles. The maximum atomic E-state index is 12.8. The molecule has 0 spiro atoms. The van der Waals surface area contributed by atoms with Crippen LogP contribution in [0, 0.1) is 3.57 Å². The number of benzene rings is 4. The zero-order valence-corrected chi connectivity index (χ0v) is 19.0. The van der Waals surface area contributed by atoms with Crippen LogP contribution < -0.4 is 4.90 Å². The number of hydrogen-bond acceptors (Lipinski definition) is 2. The molecule has 0 saturated heterocycles. The van der Waals surface area contributed by atoms with Gasteiger partial charge in [-0.2, -0.15) is 0 Å². The van der Waals surface area contributed by atoms with Crippen molar-refractivity contribution in [1.82, 2.24) is 0 Å². The molecule has 0 saturated carbocycles. The van der Waals surface area contributed by atoms with Gasteiger partial charge in [0.15, 0.2) is 5.78 Å². The van der Waals surface area contributed by atoms with Crippen molar-refractivity contribution in [2.24, 2.45) is 0 Å². The Hall–Kier alpha value is -3.18. The van der Waals surface area contributed by atoms with Crippen LogP contribution in [0.4, 0.5) is 17.1 Å². The predicted molar refractivity (Wildman–Crippen MR) is 136 cm³/mol. The van der Waals surface area contributed by atoms with Gasteiger partial charge in [0.2, 0.25) is 0 Å². The Morgan fingerprint density at radius 3 is 1.90 bits per heavy atom. The van der Waals surface area contributed by atoms with E-state index < -0.39 is 0 Å². The normalized spacial score (nSPS) is 14.0. The molecule has 1 aliphatic rings. The summed E-state index contributed by atoms with van der Waals surface area (Å²) in [6.07, 6.45) is 2.72. The summed E-state index contributed by atoms with van der Waals surface area (Å²) in [7, 11) is 0.